The number of fused-ring (bicyclic) bond motifs is 3. The van der Waals surface area contributed by atoms with E-state index >= 15 is 0 Å². The van der Waals surface area contributed by atoms with E-state index in [0.29, 0.717) is 39.2 Å². The highest BCUT2D eigenvalue weighted by Crippen LogP contribution is 2.29. The van der Waals surface area contributed by atoms with Gasteiger partial charge in [-0.2, -0.15) is 0 Å². The minimum absolute atomic E-state index is 0.0903. The first-order valence-electron chi connectivity index (χ1n) is 14.7. The van der Waals surface area contributed by atoms with Crippen molar-refractivity contribution in [1.82, 2.24) is 25.3 Å². The Morgan fingerprint density at radius 3 is 2.75 bits per heavy atom. The van der Waals surface area contributed by atoms with Crippen LogP contribution in [0.1, 0.15) is 18.4 Å². The molecule has 2 saturated heterocycles. The van der Waals surface area contributed by atoms with Gasteiger partial charge < -0.3 is 34.8 Å². The highest BCUT2D eigenvalue weighted by Gasteiger charge is 2.31. The van der Waals surface area contributed by atoms with E-state index in [1.807, 2.05) is 17.0 Å². The first-order valence-corrected chi connectivity index (χ1v) is 14.7. The van der Waals surface area contributed by atoms with Crippen molar-refractivity contribution in [3.8, 4) is 5.75 Å². The lowest BCUT2D eigenvalue weighted by atomic mass is 9.82. The highest BCUT2D eigenvalue weighted by atomic mass is 16.5. The van der Waals surface area contributed by atoms with Crippen molar-refractivity contribution in [2.45, 2.75) is 19.4 Å². The summed E-state index contributed by atoms with van der Waals surface area (Å²) in [4.78, 5) is 34.5. The van der Waals surface area contributed by atoms with Crippen molar-refractivity contribution in [1.29, 1.82) is 0 Å². The number of ether oxygens (including phenoxy) is 2. The predicted molar refractivity (Wildman–Crippen MR) is 158 cm³/mol. The molecule has 0 aromatic heterocycles. The molecule has 3 heterocycles. The molecule has 2 amide bonds. The number of benzene rings is 1. The van der Waals surface area contributed by atoms with Crippen molar-refractivity contribution in [2.24, 2.45) is 11.8 Å². The van der Waals surface area contributed by atoms with Crippen LogP contribution in [0.3, 0.4) is 0 Å². The minimum atomic E-state index is 0.0903. The largest absolute Gasteiger partial charge is 0.489 e. The Balaban J connectivity index is 1.36. The van der Waals surface area contributed by atoms with Crippen molar-refractivity contribution in [3.63, 3.8) is 0 Å². The van der Waals surface area contributed by atoms with Crippen LogP contribution in [0.25, 0.3) is 0 Å². The average Bonchev–Trinajstić information content (AvgIpc) is 2.96. The number of carbonyl (C=O) groups is 2. The van der Waals surface area contributed by atoms with Crippen molar-refractivity contribution < 1.29 is 19.1 Å². The number of likely N-dealkylation sites (N-methyl/N-ethyl adjacent to an activating group) is 2. The van der Waals surface area contributed by atoms with Gasteiger partial charge in [0.1, 0.15) is 12.4 Å². The fourth-order valence-electron chi connectivity index (χ4n) is 5.56. The van der Waals surface area contributed by atoms with Crippen LogP contribution in [0, 0.1) is 11.8 Å². The Hall–Kier alpha value is -2.66. The summed E-state index contributed by atoms with van der Waals surface area (Å²) in [7, 11) is 6.25. The molecule has 2 atom stereocenters. The molecule has 40 heavy (non-hydrogen) atoms. The van der Waals surface area contributed by atoms with Gasteiger partial charge in [0, 0.05) is 83.6 Å². The van der Waals surface area contributed by atoms with Gasteiger partial charge in [-0.05, 0) is 50.6 Å². The molecule has 1 aromatic carbocycles. The van der Waals surface area contributed by atoms with E-state index in [1.54, 1.807) is 0 Å². The third-order valence-corrected chi connectivity index (χ3v) is 8.14. The van der Waals surface area contributed by atoms with Gasteiger partial charge in [0.2, 0.25) is 11.8 Å². The maximum atomic E-state index is 13.1. The van der Waals surface area contributed by atoms with Crippen LogP contribution in [0.2, 0.25) is 0 Å². The van der Waals surface area contributed by atoms with Crippen molar-refractivity contribution in [3.05, 3.63) is 35.9 Å². The maximum absolute atomic E-state index is 13.1. The van der Waals surface area contributed by atoms with E-state index in [2.05, 4.69) is 64.7 Å². The summed E-state index contributed by atoms with van der Waals surface area (Å²) in [6.45, 7) is 9.38. The number of carbonyl (C=O) groups excluding carboxylic acids is 2. The van der Waals surface area contributed by atoms with Gasteiger partial charge in [0.05, 0.1) is 19.8 Å². The van der Waals surface area contributed by atoms with E-state index < -0.39 is 0 Å². The molecule has 3 aliphatic heterocycles. The summed E-state index contributed by atoms with van der Waals surface area (Å²) in [5, 5.41) is 6.46. The van der Waals surface area contributed by atoms with E-state index in [9.17, 15) is 9.59 Å². The Morgan fingerprint density at radius 1 is 1.12 bits per heavy atom. The second kappa shape index (κ2) is 15.4. The Bertz CT molecular complexity index is 996. The molecule has 3 aliphatic rings. The number of anilines is 1. The average molecular weight is 557 g/mol. The van der Waals surface area contributed by atoms with E-state index in [4.69, 9.17) is 9.47 Å². The van der Waals surface area contributed by atoms with Crippen LogP contribution >= 0.6 is 0 Å². The second-order valence-electron chi connectivity index (χ2n) is 11.4. The smallest absolute Gasteiger partial charge is 0.236 e. The number of piperidine rings is 1. The number of nitrogens with one attached hydrogen (secondary N) is 2. The molecule has 0 unspecified atom stereocenters. The van der Waals surface area contributed by atoms with Crippen LogP contribution in [-0.2, 0) is 20.9 Å². The maximum Gasteiger partial charge on any atom is 0.236 e. The number of rotatable bonds is 9. The zero-order chi connectivity index (χ0) is 28.3. The molecule has 0 saturated carbocycles. The summed E-state index contributed by atoms with van der Waals surface area (Å²) in [5.41, 5.74) is 2.17. The fraction of sp³-hybridized carbons (Fsp3) is 0.667. The SMILES string of the molecule is CN(C)CCN(C)c1ccc2c(c1)CNCC(=O)N1CC[C@@H](CC(=O)NCCN3CCOCC3)[C@@H](/C=C/CO2)C1. The van der Waals surface area contributed by atoms with Gasteiger partial charge in [-0.15, -0.1) is 0 Å². The molecule has 2 N–H and O–H groups in total. The normalized spacial score (nSPS) is 23.3. The summed E-state index contributed by atoms with van der Waals surface area (Å²) >= 11 is 0. The zero-order valence-corrected chi connectivity index (χ0v) is 24.6. The van der Waals surface area contributed by atoms with Gasteiger partial charge in [0.15, 0.2) is 0 Å². The third kappa shape index (κ3) is 9.19. The highest BCUT2D eigenvalue weighted by molar-refractivity contribution is 5.79. The third-order valence-electron chi connectivity index (χ3n) is 8.14. The number of hydrogen-bond acceptors (Lipinski definition) is 8. The van der Waals surface area contributed by atoms with Crippen LogP contribution in [0.5, 0.6) is 5.75 Å². The fourth-order valence-corrected chi connectivity index (χ4v) is 5.56. The van der Waals surface area contributed by atoms with Gasteiger partial charge in [-0.1, -0.05) is 12.2 Å². The van der Waals surface area contributed by atoms with Crippen LogP contribution in [-0.4, -0.2) is 126 Å². The number of morpholine rings is 1. The Labute approximate surface area is 239 Å². The van der Waals surface area contributed by atoms with Crippen molar-refractivity contribution in [2.75, 3.05) is 105 Å². The molecule has 0 spiro atoms. The molecule has 10 nitrogen and oxygen atoms in total. The van der Waals surface area contributed by atoms with Crippen LogP contribution in [0.4, 0.5) is 5.69 Å². The molecule has 1 aromatic rings. The molecule has 10 heteroatoms. The summed E-state index contributed by atoms with van der Waals surface area (Å²) in [6, 6.07) is 6.27. The van der Waals surface area contributed by atoms with E-state index in [-0.39, 0.29) is 30.2 Å². The summed E-state index contributed by atoms with van der Waals surface area (Å²) in [5.74, 6) is 1.35. The lowest BCUT2D eigenvalue weighted by molar-refractivity contribution is -0.132. The van der Waals surface area contributed by atoms with Crippen molar-refractivity contribution >= 4 is 17.5 Å². The molecule has 2 bridgehead atoms. The molecular formula is C30H48N6O4. The monoisotopic (exact) mass is 556 g/mol. The number of nitrogens with zero attached hydrogens (tertiary/aromatic N) is 4. The summed E-state index contributed by atoms with van der Waals surface area (Å²) in [6.07, 6.45) is 5.50. The first-order chi connectivity index (χ1) is 19.4. The number of amides is 2. The number of hydrogen-bond donors (Lipinski definition) is 2. The van der Waals surface area contributed by atoms with Crippen LogP contribution in [0.15, 0.2) is 30.4 Å². The lowest BCUT2D eigenvalue weighted by Crippen LogP contribution is -2.47. The molecule has 222 valence electrons. The molecule has 0 aliphatic carbocycles. The molecule has 0 radical (unpaired) electrons. The van der Waals surface area contributed by atoms with E-state index in [1.165, 1.54) is 0 Å². The molecule has 2 fully saturated rings. The Kier molecular flexibility index (Phi) is 11.6. The molecular weight excluding hydrogens is 508 g/mol. The van der Waals surface area contributed by atoms with Gasteiger partial charge >= 0.3 is 0 Å². The zero-order valence-electron chi connectivity index (χ0n) is 24.6. The topological polar surface area (TPSA) is 89.6 Å². The van der Waals surface area contributed by atoms with Gasteiger partial charge in [-0.25, -0.2) is 0 Å². The quantitative estimate of drug-likeness (QED) is 0.436. The van der Waals surface area contributed by atoms with E-state index in [0.717, 1.165) is 69.4 Å². The lowest BCUT2D eigenvalue weighted by Gasteiger charge is -2.37. The van der Waals surface area contributed by atoms with Crippen LogP contribution < -0.4 is 20.3 Å². The summed E-state index contributed by atoms with van der Waals surface area (Å²) < 4.78 is 11.6. The predicted octanol–water partition coefficient (Wildman–Crippen LogP) is 1.03. The second-order valence-corrected chi connectivity index (χ2v) is 11.4. The minimum Gasteiger partial charge on any atom is -0.489 e. The van der Waals surface area contributed by atoms with Gasteiger partial charge in [0.25, 0.3) is 0 Å². The Morgan fingerprint density at radius 2 is 1.95 bits per heavy atom. The molecule has 4 rings (SSSR count). The standard InChI is InChI=1S/C30H48N6O4/c1-33(2)12-13-34(3)27-6-7-28-26(19-27)21-31-22-30(38)36-10-8-24(25(23-36)5-4-16-40-28)20-29(37)32-9-11-35-14-17-39-18-15-35/h4-7,19,24-25,31H,8-18,20-23H2,1-3H3,(H,32,37)/b5-4+/t24-,25-/m0/s1. The van der Waals surface area contributed by atoms with Gasteiger partial charge in [-0.3, -0.25) is 14.5 Å². The first kappa shape index (κ1) is 30.3.